The van der Waals surface area contributed by atoms with E-state index >= 15 is 0 Å². The third-order valence-electron chi connectivity index (χ3n) is 4.00. The summed E-state index contributed by atoms with van der Waals surface area (Å²) in [5.41, 5.74) is 1.58. The predicted molar refractivity (Wildman–Crippen MR) is 78.0 cm³/mol. The Balaban J connectivity index is 1.72. The van der Waals surface area contributed by atoms with Crippen molar-refractivity contribution in [1.82, 2.24) is 14.8 Å². The van der Waals surface area contributed by atoms with Crippen LogP contribution in [0.5, 0.6) is 0 Å². The quantitative estimate of drug-likeness (QED) is 0.869. The number of carbonyl (C=O) groups excluding carboxylic acids is 1. The molecule has 1 aliphatic rings. The van der Waals surface area contributed by atoms with Gasteiger partial charge in [0.15, 0.2) is 0 Å². The summed E-state index contributed by atoms with van der Waals surface area (Å²) in [5, 5.41) is 15.9. The number of carboxylic acid groups (broad SMARTS) is 1. The van der Waals surface area contributed by atoms with Crippen LogP contribution in [0.3, 0.4) is 0 Å². The second-order valence-corrected chi connectivity index (χ2v) is 5.37. The number of carboxylic acids is 1. The van der Waals surface area contributed by atoms with Gasteiger partial charge in [0.1, 0.15) is 12.7 Å². The molecule has 0 saturated heterocycles. The van der Waals surface area contributed by atoms with Gasteiger partial charge in [0.25, 0.3) is 0 Å². The summed E-state index contributed by atoms with van der Waals surface area (Å²) in [6.07, 6.45) is 4.24. The van der Waals surface area contributed by atoms with E-state index in [-0.39, 0.29) is 5.91 Å². The molecule has 1 amide bonds. The minimum atomic E-state index is -0.901. The van der Waals surface area contributed by atoms with E-state index in [2.05, 4.69) is 15.4 Å². The van der Waals surface area contributed by atoms with Crippen LogP contribution in [-0.2, 0) is 16.1 Å². The molecule has 2 aromatic rings. The zero-order chi connectivity index (χ0) is 15.5. The number of carbonyl (C=O) groups is 2. The lowest BCUT2D eigenvalue weighted by Gasteiger charge is -2.32. The van der Waals surface area contributed by atoms with E-state index in [0.717, 1.165) is 5.56 Å². The van der Waals surface area contributed by atoms with Crippen molar-refractivity contribution >= 4 is 17.6 Å². The highest BCUT2D eigenvalue weighted by molar-refractivity contribution is 5.96. The first-order valence-electron chi connectivity index (χ1n) is 7.09. The molecule has 1 aliphatic carbocycles. The number of hydrogen-bond donors (Lipinski definition) is 2. The molecule has 1 saturated carbocycles. The predicted octanol–water partition coefficient (Wildman–Crippen LogP) is 1.38. The Morgan fingerprint density at radius 3 is 2.68 bits per heavy atom. The number of hydrogen-bond acceptors (Lipinski definition) is 4. The highest BCUT2D eigenvalue weighted by Crippen LogP contribution is 2.35. The number of aromatic nitrogens is 3. The Kier molecular flexibility index (Phi) is 3.86. The molecule has 2 atom stereocenters. The van der Waals surface area contributed by atoms with E-state index in [9.17, 15) is 9.59 Å². The van der Waals surface area contributed by atoms with Crippen molar-refractivity contribution in [3.63, 3.8) is 0 Å². The Bertz CT molecular complexity index is 684. The normalized spacial score (nSPS) is 20.2. The topological polar surface area (TPSA) is 97.1 Å². The molecule has 1 heterocycles. The highest BCUT2D eigenvalue weighted by atomic mass is 16.4. The summed E-state index contributed by atoms with van der Waals surface area (Å²) in [7, 11) is 0. The number of nitrogens with zero attached hydrogens (tertiary/aromatic N) is 3. The van der Waals surface area contributed by atoms with Gasteiger partial charge in [0.05, 0.1) is 18.4 Å². The smallest absolute Gasteiger partial charge is 0.307 e. The lowest BCUT2D eigenvalue weighted by molar-refractivity contribution is -0.151. The summed E-state index contributed by atoms with van der Waals surface area (Å²) < 4.78 is 1.66. The van der Waals surface area contributed by atoms with Gasteiger partial charge in [-0.25, -0.2) is 9.67 Å². The highest BCUT2D eigenvalue weighted by Gasteiger charge is 2.41. The van der Waals surface area contributed by atoms with Crippen molar-refractivity contribution in [2.45, 2.75) is 19.4 Å². The number of benzene rings is 1. The van der Waals surface area contributed by atoms with Crippen molar-refractivity contribution in [2.24, 2.45) is 11.8 Å². The molecule has 0 aliphatic heterocycles. The Morgan fingerprint density at radius 2 is 2.05 bits per heavy atom. The fourth-order valence-corrected chi connectivity index (χ4v) is 2.60. The molecule has 0 spiro atoms. The molecule has 1 fully saturated rings. The van der Waals surface area contributed by atoms with Gasteiger partial charge in [-0.2, -0.15) is 5.10 Å². The molecule has 1 aromatic carbocycles. The average molecular weight is 300 g/mol. The van der Waals surface area contributed by atoms with Crippen molar-refractivity contribution in [1.29, 1.82) is 0 Å². The minimum absolute atomic E-state index is 0.232. The van der Waals surface area contributed by atoms with Crippen LogP contribution in [0.2, 0.25) is 0 Å². The van der Waals surface area contributed by atoms with Crippen molar-refractivity contribution in [2.75, 3.05) is 5.32 Å². The van der Waals surface area contributed by atoms with Gasteiger partial charge < -0.3 is 10.4 Å². The van der Waals surface area contributed by atoms with E-state index in [1.807, 2.05) is 18.2 Å². The van der Waals surface area contributed by atoms with Crippen LogP contribution in [0, 0.1) is 11.8 Å². The average Bonchev–Trinajstić information content (AvgIpc) is 2.92. The number of anilines is 1. The Labute approximate surface area is 127 Å². The minimum Gasteiger partial charge on any atom is -0.481 e. The largest absolute Gasteiger partial charge is 0.481 e. The number of amides is 1. The molecular weight excluding hydrogens is 284 g/mol. The first-order chi connectivity index (χ1) is 10.6. The molecule has 2 unspecified atom stereocenters. The number of nitrogens with one attached hydrogen (secondary N) is 1. The maximum Gasteiger partial charge on any atom is 0.307 e. The number of aliphatic carboxylic acids is 1. The zero-order valence-electron chi connectivity index (χ0n) is 11.8. The van der Waals surface area contributed by atoms with Gasteiger partial charge in [-0.3, -0.25) is 9.59 Å². The van der Waals surface area contributed by atoms with Crippen LogP contribution in [0.25, 0.3) is 0 Å². The van der Waals surface area contributed by atoms with Gasteiger partial charge in [0, 0.05) is 5.69 Å². The van der Waals surface area contributed by atoms with Gasteiger partial charge in [-0.15, -0.1) is 0 Å². The fourth-order valence-electron chi connectivity index (χ4n) is 2.60. The third kappa shape index (κ3) is 2.83. The lowest BCUT2D eigenvalue weighted by atomic mass is 9.73. The van der Waals surface area contributed by atoms with E-state index in [4.69, 9.17) is 5.11 Å². The monoisotopic (exact) mass is 300 g/mol. The summed E-state index contributed by atoms with van der Waals surface area (Å²) in [6.45, 7) is 0.490. The van der Waals surface area contributed by atoms with Crippen LogP contribution < -0.4 is 5.32 Å². The van der Waals surface area contributed by atoms with Crippen LogP contribution in [-0.4, -0.2) is 31.7 Å². The second kappa shape index (κ2) is 5.97. The second-order valence-electron chi connectivity index (χ2n) is 5.37. The van der Waals surface area contributed by atoms with Crippen molar-refractivity contribution in [3.8, 4) is 0 Å². The van der Waals surface area contributed by atoms with E-state index in [1.54, 1.807) is 17.1 Å². The van der Waals surface area contributed by atoms with Gasteiger partial charge >= 0.3 is 5.97 Å². The fraction of sp³-hybridized carbons (Fsp3) is 0.333. The molecule has 0 radical (unpaired) electrons. The Hall–Kier alpha value is -2.70. The first-order valence-corrected chi connectivity index (χ1v) is 7.09. The van der Waals surface area contributed by atoms with E-state index in [1.165, 1.54) is 6.33 Å². The summed E-state index contributed by atoms with van der Waals surface area (Å²) in [4.78, 5) is 27.2. The van der Waals surface area contributed by atoms with Crippen molar-refractivity contribution < 1.29 is 14.7 Å². The number of rotatable bonds is 5. The summed E-state index contributed by atoms with van der Waals surface area (Å²) in [6, 6.07) is 7.41. The van der Waals surface area contributed by atoms with Gasteiger partial charge in [-0.1, -0.05) is 18.2 Å². The molecule has 7 heteroatoms. The molecule has 3 rings (SSSR count). The lowest BCUT2D eigenvalue weighted by Crippen LogP contribution is -2.41. The molecular formula is C15H16N4O3. The van der Waals surface area contributed by atoms with Crippen LogP contribution >= 0.6 is 0 Å². The van der Waals surface area contributed by atoms with E-state index < -0.39 is 17.8 Å². The Morgan fingerprint density at radius 1 is 1.27 bits per heavy atom. The standard InChI is InChI=1S/C15H16N4O3/c20-14(11-5-6-12(11)15(21)22)18-13-4-2-1-3-10(13)7-19-9-16-8-17-19/h1-4,8-9,11-12H,5-7H2,(H,18,20)(H,21,22). The molecule has 114 valence electrons. The molecule has 1 aromatic heterocycles. The van der Waals surface area contributed by atoms with Crippen LogP contribution in [0.1, 0.15) is 18.4 Å². The summed E-state index contributed by atoms with van der Waals surface area (Å²) in [5.74, 6) is -2.15. The van der Waals surface area contributed by atoms with Crippen LogP contribution in [0.4, 0.5) is 5.69 Å². The third-order valence-corrected chi connectivity index (χ3v) is 4.00. The maximum absolute atomic E-state index is 12.3. The van der Waals surface area contributed by atoms with Crippen LogP contribution in [0.15, 0.2) is 36.9 Å². The van der Waals surface area contributed by atoms with E-state index in [0.29, 0.717) is 25.1 Å². The van der Waals surface area contributed by atoms with Crippen molar-refractivity contribution in [3.05, 3.63) is 42.5 Å². The first kappa shape index (κ1) is 14.2. The SMILES string of the molecule is O=C(O)C1CCC1C(=O)Nc1ccccc1Cn1cncn1. The number of para-hydroxylation sites is 1. The zero-order valence-corrected chi connectivity index (χ0v) is 11.8. The maximum atomic E-state index is 12.3. The van der Waals surface area contributed by atoms with Gasteiger partial charge in [0.2, 0.25) is 5.91 Å². The molecule has 2 N–H and O–H groups in total. The van der Waals surface area contributed by atoms with Gasteiger partial charge in [-0.05, 0) is 24.5 Å². The molecule has 0 bridgehead atoms. The summed E-state index contributed by atoms with van der Waals surface area (Å²) >= 11 is 0. The molecule has 22 heavy (non-hydrogen) atoms. The molecule has 7 nitrogen and oxygen atoms in total.